The third kappa shape index (κ3) is 12.0. The number of carbonyl (C=O) groups is 4. The zero-order chi connectivity index (χ0) is 34.2. The average molecular weight is 644 g/mol. The Morgan fingerprint density at radius 3 is 1.89 bits per heavy atom. The fourth-order valence-corrected chi connectivity index (χ4v) is 5.53. The smallest absolute Gasteiger partial charge is 0.408 e. The largest absolute Gasteiger partial charge is 0.466 e. The van der Waals surface area contributed by atoms with E-state index in [0.717, 1.165) is 38.8 Å². The molecule has 2 unspecified atom stereocenters. The van der Waals surface area contributed by atoms with Crippen LogP contribution >= 0.6 is 0 Å². The van der Waals surface area contributed by atoms with Gasteiger partial charge in [-0.2, -0.15) is 0 Å². The van der Waals surface area contributed by atoms with E-state index in [4.69, 9.17) is 18.9 Å². The normalized spacial score (nSPS) is 21.3. The lowest BCUT2D eigenvalue weighted by Gasteiger charge is -2.29. The van der Waals surface area contributed by atoms with Crippen LogP contribution in [0, 0.1) is 11.8 Å². The molecule has 4 rings (SSSR count). The minimum atomic E-state index is -0.546. The molecule has 2 atom stereocenters. The third-order valence-electron chi connectivity index (χ3n) is 7.85. The molecule has 11 nitrogen and oxygen atoms in total. The van der Waals surface area contributed by atoms with Crippen LogP contribution in [-0.4, -0.2) is 77.6 Å². The van der Waals surface area contributed by atoms with Crippen LogP contribution in [0.4, 0.5) is 9.59 Å². The number of carbonyl (C=O) groups excluding carboxylic acids is 4. The minimum absolute atomic E-state index is 0.0304. The van der Waals surface area contributed by atoms with Gasteiger partial charge in [0.2, 0.25) is 0 Å². The van der Waals surface area contributed by atoms with Crippen LogP contribution in [0.5, 0.6) is 0 Å². The highest BCUT2D eigenvalue weighted by atomic mass is 16.6. The van der Waals surface area contributed by atoms with E-state index < -0.39 is 34.9 Å². The molecule has 0 radical (unpaired) electrons. The van der Waals surface area contributed by atoms with Gasteiger partial charge in [0.1, 0.15) is 11.2 Å². The molecule has 3 fully saturated rings. The van der Waals surface area contributed by atoms with Crippen molar-refractivity contribution in [3.63, 3.8) is 0 Å². The summed E-state index contributed by atoms with van der Waals surface area (Å²) in [4.78, 5) is 50.1. The summed E-state index contributed by atoms with van der Waals surface area (Å²) in [7, 11) is 0. The van der Waals surface area contributed by atoms with Crippen molar-refractivity contribution in [2.45, 2.75) is 110 Å². The number of rotatable bonds is 10. The monoisotopic (exact) mass is 643 g/mol. The Balaban J connectivity index is 0.000000277. The predicted molar refractivity (Wildman–Crippen MR) is 174 cm³/mol. The molecule has 2 aliphatic carbocycles. The molecule has 1 aromatic rings. The van der Waals surface area contributed by atoms with Crippen molar-refractivity contribution < 1.29 is 38.1 Å². The Bertz CT molecular complexity index is 1230. The van der Waals surface area contributed by atoms with E-state index in [2.05, 4.69) is 27.7 Å². The first kappa shape index (κ1) is 36.9. The number of hydrogen-bond donors (Lipinski definition) is 2. The zero-order valence-corrected chi connectivity index (χ0v) is 28.8. The fourth-order valence-electron chi connectivity index (χ4n) is 5.53. The first-order valence-electron chi connectivity index (χ1n) is 16.3. The Morgan fingerprint density at radius 2 is 1.39 bits per heavy atom. The van der Waals surface area contributed by atoms with Crippen molar-refractivity contribution in [3.05, 3.63) is 48.0 Å². The topological polar surface area (TPSA) is 132 Å². The van der Waals surface area contributed by atoms with E-state index >= 15 is 0 Å². The lowest BCUT2D eigenvalue weighted by molar-refractivity contribution is -0.149. The number of hydrogen-bond acceptors (Lipinski definition) is 9. The summed E-state index contributed by atoms with van der Waals surface area (Å²) in [5.74, 6) is -0.765. The van der Waals surface area contributed by atoms with Gasteiger partial charge in [-0.05, 0) is 86.6 Å². The molecular formula is C35H53N3O8. The van der Waals surface area contributed by atoms with Crippen LogP contribution in [0.25, 0.3) is 0 Å². The SMILES string of the molecule is CCOC(=O)/C=C/C1(NC(=O)OC(C)(C)C)CC1.CCOC(=O)C1CN(Cc2ccccc2)CC1C1(NC(=O)OC(C)(C)C)CC1. The highest BCUT2D eigenvalue weighted by Crippen LogP contribution is 2.49. The lowest BCUT2D eigenvalue weighted by Crippen LogP contribution is -2.48. The maximum absolute atomic E-state index is 12.6. The molecule has 3 aliphatic rings. The van der Waals surface area contributed by atoms with Gasteiger partial charge >= 0.3 is 24.1 Å². The summed E-state index contributed by atoms with van der Waals surface area (Å²) >= 11 is 0. The van der Waals surface area contributed by atoms with Gasteiger partial charge in [-0.3, -0.25) is 9.69 Å². The summed E-state index contributed by atoms with van der Waals surface area (Å²) in [6.45, 7) is 17.5. The van der Waals surface area contributed by atoms with Crippen molar-refractivity contribution in [3.8, 4) is 0 Å². The van der Waals surface area contributed by atoms with Crippen molar-refractivity contribution in [1.29, 1.82) is 0 Å². The Labute approximate surface area is 273 Å². The summed E-state index contributed by atoms with van der Waals surface area (Å²) in [6.07, 6.45) is 5.51. The molecule has 46 heavy (non-hydrogen) atoms. The molecule has 0 spiro atoms. The molecule has 2 N–H and O–H groups in total. The van der Waals surface area contributed by atoms with Gasteiger partial charge in [0.15, 0.2) is 0 Å². The summed E-state index contributed by atoms with van der Waals surface area (Å²) in [6, 6.07) is 10.2. The molecule has 1 heterocycles. The molecule has 1 saturated heterocycles. The third-order valence-corrected chi connectivity index (χ3v) is 7.85. The minimum Gasteiger partial charge on any atom is -0.466 e. The van der Waals surface area contributed by atoms with E-state index in [9.17, 15) is 19.2 Å². The van der Waals surface area contributed by atoms with Crippen molar-refractivity contribution >= 4 is 24.1 Å². The number of esters is 2. The van der Waals surface area contributed by atoms with Crippen LogP contribution < -0.4 is 10.6 Å². The quantitative estimate of drug-likeness (QED) is 0.192. The molecular weight excluding hydrogens is 590 g/mol. The second-order valence-corrected chi connectivity index (χ2v) is 14.3. The van der Waals surface area contributed by atoms with E-state index in [0.29, 0.717) is 19.8 Å². The first-order chi connectivity index (χ1) is 21.5. The highest BCUT2D eigenvalue weighted by molar-refractivity contribution is 5.82. The van der Waals surface area contributed by atoms with Crippen molar-refractivity contribution in [1.82, 2.24) is 15.5 Å². The Kier molecular flexibility index (Phi) is 12.3. The molecule has 0 aromatic heterocycles. The number of amides is 2. The average Bonchev–Trinajstić information content (AvgIpc) is 3.84. The van der Waals surface area contributed by atoms with Crippen LogP contribution in [-0.2, 0) is 35.1 Å². The van der Waals surface area contributed by atoms with E-state index in [1.54, 1.807) is 33.8 Å². The molecule has 2 saturated carbocycles. The predicted octanol–water partition coefficient (Wildman–Crippen LogP) is 5.52. The van der Waals surface area contributed by atoms with Crippen LogP contribution in [0.2, 0.25) is 0 Å². The fraction of sp³-hybridized carbons (Fsp3) is 0.657. The van der Waals surface area contributed by atoms with Crippen molar-refractivity contribution in [2.24, 2.45) is 11.8 Å². The van der Waals surface area contributed by atoms with E-state index in [1.165, 1.54) is 11.6 Å². The molecule has 1 aromatic carbocycles. The van der Waals surface area contributed by atoms with Gasteiger partial charge in [-0.1, -0.05) is 36.4 Å². The second-order valence-electron chi connectivity index (χ2n) is 14.3. The zero-order valence-electron chi connectivity index (χ0n) is 28.8. The van der Waals surface area contributed by atoms with Gasteiger partial charge in [0.05, 0.1) is 24.7 Å². The lowest BCUT2D eigenvalue weighted by atomic mass is 9.87. The highest BCUT2D eigenvalue weighted by Gasteiger charge is 2.58. The first-order valence-corrected chi connectivity index (χ1v) is 16.3. The van der Waals surface area contributed by atoms with Gasteiger partial charge in [0, 0.05) is 37.2 Å². The molecule has 2 amide bonds. The molecule has 1 aliphatic heterocycles. The van der Waals surface area contributed by atoms with Crippen LogP contribution in [0.3, 0.4) is 0 Å². The summed E-state index contributed by atoms with van der Waals surface area (Å²) in [5.41, 5.74) is -0.656. The Hall–Kier alpha value is -3.60. The molecule has 0 bridgehead atoms. The van der Waals surface area contributed by atoms with E-state index in [1.807, 2.05) is 45.9 Å². The van der Waals surface area contributed by atoms with Crippen LogP contribution in [0.15, 0.2) is 42.5 Å². The maximum atomic E-state index is 12.6. The number of nitrogens with one attached hydrogen (secondary N) is 2. The van der Waals surface area contributed by atoms with Crippen molar-refractivity contribution in [2.75, 3.05) is 26.3 Å². The number of nitrogens with zero attached hydrogens (tertiary/aromatic N) is 1. The van der Waals surface area contributed by atoms with Gasteiger partial charge in [-0.25, -0.2) is 14.4 Å². The molecule has 256 valence electrons. The Morgan fingerprint density at radius 1 is 0.826 bits per heavy atom. The number of ether oxygens (including phenoxy) is 4. The van der Waals surface area contributed by atoms with Gasteiger partial charge < -0.3 is 29.6 Å². The standard InChI is InChI=1S/C22H32N2O4.C13H21NO4/c1-5-27-19(25)17-14-24(13-16-9-7-6-8-10-16)15-18(17)22(11-12-22)23-20(26)28-21(2,3)4;1-5-17-10(15)6-7-13(8-9-13)14-11(16)18-12(2,3)4/h6-10,17-18H,5,11-15H2,1-4H3,(H,23,26);6-7H,5,8-9H2,1-4H3,(H,14,16)/b;7-6+. The number of alkyl carbamates (subject to hydrolysis) is 2. The summed E-state index contributed by atoms with van der Waals surface area (Å²) < 4.78 is 20.8. The maximum Gasteiger partial charge on any atom is 0.408 e. The second kappa shape index (κ2) is 15.3. The van der Waals surface area contributed by atoms with E-state index in [-0.39, 0.29) is 23.3 Å². The summed E-state index contributed by atoms with van der Waals surface area (Å²) in [5, 5.41) is 5.85. The number of likely N-dealkylation sites (tertiary alicyclic amines) is 1. The molecule has 11 heteroatoms. The van der Waals surface area contributed by atoms with Gasteiger partial charge in [-0.15, -0.1) is 0 Å². The van der Waals surface area contributed by atoms with Crippen LogP contribution in [0.1, 0.15) is 86.6 Å². The number of benzene rings is 1. The van der Waals surface area contributed by atoms with Gasteiger partial charge in [0.25, 0.3) is 0 Å².